The van der Waals surface area contributed by atoms with E-state index >= 15 is 0 Å². The molecule has 0 amide bonds. The topological polar surface area (TPSA) is 105 Å². The second-order valence-corrected chi connectivity index (χ2v) is 12.2. The quantitative estimate of drug-likeness (QED) is 0.0708. The van der Waals surface area contributed by atoms with E-state index in [0.29, 0.717) is 24.7 Å². The van der Waals surface area contributed by atoms with E-state index in [1.165, 1.54) is 0 Å². The SMILES string of the molecule is CC(C)CCCOC(=O)c1c(Cl)c(Cl)cc(Cl)c1OC(=O)C(=O)Oc1c(Cl)cc(Cl)c(Cl)c1C(=O)OCCCC(C)C. The lowest BCUT2D eigenvalue weighted by Gasteiger charge is -2.16. The van der Waals surface area contributed by atoms with E-state index in [-0.39, 0.29) is 43.3 Å². The number of rotatable bonds is 12. The zero-order chi connectivity index (χ0) is 31.7. The summed E-state index contributed by atoms with van der Waals surface area (Å²) in [6.07, 6.45) is 2.69. The van der Waals surface area contributed by atoms with Crippen LogP contribution in [0.25, 0.3) is 0 Å². The van der Waals surface area contributed by atoms with Gasteiger partial charge in [0.25, 0.3) is 0 Å². The molecular weight excluding hydrogens is 677 g/mol. The molecule has 14 heteroatoms. The van der Waals surface area contributed by atoms with Crippen LogP contribution >= 0.6 is 69.6 Å². The third kappa shape index (κ3) is 10.1. The molecule has 0 saturated carbocycles. The predicted octanol–water partition coefficient (Wildman–Crippen LogP) is 9.30. The molecule has 0 aromatic heterocycles. The van der Waals surface area contributed by atoms with E-state index in [4.69, 9.17) is 88.6 Å². The molecule has 0 aliphatic carbocycles. The molecule has 0 heterocycles. The highest BCUT2D eigenvalue weighted by Crippen LogP contribution is 2.41. The Bertz CT molecular complexity index is 1240. The molecule has 2 rings (SSSR count). The van der Waals surface area contributed by atoms with Gasteiger partial charge in [-0.15, -0.1) is 0 Å². The maximum Gasteiger partial charge on any atom is 0.423 e. The van der Waals surface area contributed by atoms with Crippen molar-refractivity contribution in [3.63, 3.8) is 0 Å². The first-order chi connectivity index (χ1) is 19.6. The second-order valence-electron chi connectivity index (χ2n) is 9.84. The third-order valence-electron chi connectivity index (χ3n) is 5.54. The third-order valence-corrected chi connectivity index (χ3v) is 7.67. The van der Waals surface area contributed by atoms with E-state index in [2.05, 4.69) is 0 Å². The monoisotopic (exact) mass is 702 g/mol. The van der Waals surface area contributed by atoms with Crippen molar-refractivity contribution in [2.75, 3.05) is 13.2 Å². The van der Waals surface area contributed by atoms with Gasteiger partial charge in [0.15, 0.2) is 11.5 Å². The molecule has 0 atom stereocenters. The van der Waals surface area contributed by atoms with Gasteiger partial charge in [-0.05, 0) is 49.7 Å². The van der Waals surface area contributed by atoms with E-state index in [1.54, 1.807) is 0 Å². The van der Waals surface area contributed by atoms with E-state index in [1.807, 2.05) is 27.7 Å². The predicted molar refractivity (Wildman–Crippen MR) is 163 cm³/mol. The molecule has 0 aliphatic rings. The van der Waals surface area contributed by atoms with Crippen LogP contribution in [0.1, 0.15) is 74.1 Å². The fourth-order valence-corrected chi connectivity index (χ4v) is 4.89. The number of hydrogen-bond donors (Lipinski definition) is 0. The normalized spacial score (nSPS) is 11.0. The summed E-state index contributed by atoms with van der Waals surface area (Å²) in [5.41, 5.74) is -0.948. The second kappa shape index (κ2) is 16.8. The fourth-order valence-electron chi connectivity index (χ4n) is 3.45. The van der Waals surface area contributed by atoms with Gasteiger partial charge in [-0.2, -0.15) is 0 Å². The molecule has 0 spiro atoms. The molecule has 0 bridgehead atoms. The van der Waals surface area contributed by atoms with Crippen LogP contribution in [0.15, 0.2) is 12.1 Å². The Labute approximate surface area is 273 Å². The number of halogens is 6. The van der Waals surface area contributed by atoms with Crippen molar-refractivity contribution in [3.8, 4) is 11.5 Å². The molecule has 0 N–H and O–H groups in total. The summed E-state index contributed by atoms with van der Waals surface area (Å²) in [6.45, 7) is 8.13. The van der Waals surface area contributed by atoms with Gasteiger partial charge < -0.3 is 18.9 Å². The number of benzene rings is 2. The summed E-state index contributed by atoms with van der Waals surface area (Å²) in [4.78, 5) is 51.2. The van der Waals surface area contributed by atoms with E-state index in [9.17, 15) is 19.2 Å². The molecule has 8 nitrogen and oxygen atoms in total. The highest BCUT2D eigenvalue weighted by Gasteiger charge is 2.32. The van der Waals surface area contributed by atoms with Crippen LogP contribution in [0.2, 0.25) is 30.1 Å². The van der Waals surface area contributed by atoms with E-state index < -0.39 is 46.5 Å². The van der Waals surface area contributed by atoms with Gasteiger partial charge in [-0.25, -0.2) is 19.2 Å². The summed E-state index contributed by atoms with van der Waals surface area (Å²) in [5.74, 6) is -5.69. The van der Waals surface area contributed by atoms with Crippen molar-refractivity contribution < 1.29 is 38.1 Å². The molecule has 2 aromatic carbocycles. The Morgan fingerprint density at radius 1 is 0.595 bits per heavy atom. The number of hydrogen-bond acceptors (Lipinski definition) is 8. The van der Waals surface area contributed by atoms with Crippen molar-refractivity contribution >= 4 is 93.5 Å². The first kappa shape index (κ1) is 36.3. The fraction of sp³-hybridized carbons (Fsp3) is 0.429. The molecule has 230 valence electrons. The minimum atomic E-state index is -1.65. The Kier molecular flexibility index (Phi) is 14.5. The van der Waals surface area contributed by atoms with Gasteiger partial charge in [-0.3, -0.25) is 0 Å². The Balaban J connectivity index is 2.31. The summed E-state index contributed by atoms with van der Waals surface area (Å²) in [5, 5.41) is -1.53. The lowest BCUT2D eigenvalue weighted by Crippen LogP contribution is -2.27. The maximum atomic E-state index is 12.8. The summed E-state index contributed by atoms with van der Waals surface area (Å²) >= 11 is 36.9. The molecule has 0 radical (unpaired) electrons. The van der Waals surface area contributed by atoms with Crippen LogP contribution in [0, 0.1) is 11.8 Å². The van der Waals surface area contributed by atoms with Crippen LogP contribution in [0.4, 0.5) is 0 Å². The lowest BCUT2D eigenvalue weighted by atomic mass is 10.1. The van der Waals surface area contributed by atoms with E-state index in [0.717, 1.165) is 25.0 Å². The number of carbonyl (C=O) groups excluding carboxylic acids is 4. The van der Waals surface area contributed by atoms with Crippen LogP contribution in [-0.4, -0.2) is 37.1 Å². The van der Waals surface area contributed by atoms with Crippen LogP contribution in [-0.2, 0) is 19.1 Å². The summed E-state index contributed by atoms with van der Waals surface area (Å²) < 4.78 is 20.7. The van der Waals surface area contributed by atoms with Crippen molar-refractivity contribution in [3.05, 3.63) is 53.4 Å². The molecular formula is C28H28Cl6O8. The number of ether oxygens (including phenoxy) is 4. The molecule has 2 aromatic rings. The number of carbonyl (C=O) groups is 4. The smallest absolute Gasteiger partial charge is 0.423 e. The van der Waals surface area contributed by atoms with Gasteiger partial charge in [-0.1, -0.05) is 97.3 Å². The highest BCUT2D eigenvalue weighted by atomic mass is 35.5. The summed E-state index contributed by atoms with van der Waals surface area (Å²) in [7, 11) is 0. The van der Waals surface area contributed by atoms with Crippen molar-refractivity contribution in [1.29, 1.82) is 0 Å². The number of esters is 4. The lowest BCUT2D eigenvalue weighted by molar-refractivity contribution is -0.156. The zero-order valence-corrected chi connectivity index (χ0v) is 27.6. The van der Waals surface area contributed by atoms with Crippen molar-refractivity contribution in [2.45, 2.75) is 53.4 Å². The van der Waals surface area contributed by atoms with Gasteiger partial charge in [0, 0.05) is 0 Å². The molecule has 0 unspecified atom stereocenters. The van der Waals surface area contributed by atoms with Crippen LogP contribution in [0.3, 0.4) is 0 Å². The first-order valence-electron chi connectivity index (χ1n) is 12.8. The minimum absolute atomic E-state index is 0.0407. The Hall–Kier alpha value is -1.94. The maximum absolute atomic E-state index is 12.8. The average molecular weight is 705 g/mol. The summed E-state index contributed by atoms with van der Waals surface area (Å²) in [6, 6.07) is 2.22. The molecule has 0 aliphatic heterocycles. The van der Waals surface area contributed by atoms with Gasteiger partial charge >= 0.3 is 23.9 Å². The van der Waals surface area contributed by atoms with Crippen LogP contribution in [0.5, 0.6) is 11.5 Å². The van der Waals surface area contributed by atoms with Crippen molar-refractivity contribution in [1.82, 2.24) is 0 Å². The largest absolute Gasteiger partial charge is 0.462 e. The zero-order valence-electron chi connectivity index (χ0n) is 23.1. The van der Waals surface area contributed by atoms with Gasteiger partial charge in [0.1, 0.15) is 11.1 Å². The average Bonchev–Trinajstić information content (AvgIpc) is 2.90. The standard InChI is InChI=1S/C28H28Cl6O8/c1-13(2)7-5-9-39-25(35)19-21(33)15(29)11-17(31)23(19)41-27(37)28(38)42-24-18(32)12-16(30)22(34)20(24)26(36)40-10-6-8-14(3)4/h11-14H,5-10H2,1-4H3. The Morgan fingerprint density at radius 3 is 1.24 bits per heavy atom. The van der Waals surface area contributed by atoms with Crippen molar-refractivity contribution in [2.24, 2.45) is 11.8 Å². The van der Waals surface area contributed by atoms with Crippen LogP contribution < -0.4 is 9.47 Å². The van der Waals surface area contributed by atoms with Gasteiger partial charge in [0.05, 0.1) is 43.3 Å². The van der Waals surface area contributed by atoms with Gasteiger partial charge in [0.2, 0.25) is 0 Å². The minimum Gasteiger partial charge on any atom is -0.462 e. The molecule has 42 heavy (non-hydrogen) atoms. The highest BCUT2D eigenvalue weighted by molar-refractivity contribution is 6.47. The first-order valence-corrected chi connectivity index (χ1v) is 15.1. The Morgan fingerprint density at radius 2 is 0.929 bits per heavy atom. The molecule has 0 fully saturated rings. The molecule has 0 saturated heterocycles.